The molecule has 4 heteroatoms. The molecule has 1 heterocycles. The summed E-state index contributed by atoms with van der Waals surface area (Å²) in [4.78, 5) is 6.69. The third-order valence-electron chi connectivity index (χ3n) is 4.32. The number of imidazole rings is 1. The minimum atomic E-state index is 0.123. The van der Waals surface area contributed by atoms with Gasteiger partial charge in [0.05, 0.1) is 18.1 Å². The highest BCUT2D eigenvalue weighted by molar-refractivity contribution is 5.18. The average molecular weight is 320 g/mol. The molecule has 3 aromatic rings. The van der Waals surface area contributed by atoms with Gasteiger partial charge in [-0.2, -0.15) is 0 Å². The van der Waals surface area contributed by atoms with Gasteiger partial charge in [-0.25, -0.2) is 4.98 Å². The molecule has 1 aromatic heterocycles. The fourth-order valence-corrected chi connectivity index (χ4v) is 3.06. The molecule has 0 spiro atoms. The molecule has 0 aliphatic carbocycles. The molecular formula is C20H24N4. The molecule has 0 radical (unpaired) electrons. The van der Waals surface area contributed by atoms with Crippen LogP contribution in [0.5, 0.6) is 0 Å². The maximum Gasteiger partial charge on any atom is 0.0946 e. The van der Waals surface area contributed by atoms with Crippen LogP contribution in [-0.2, 0) is 20.1 Å². The number of hydrogen-bond donors (Lipinski definition) is 1. The first-order chi connectivity index (χ1) is 11.8. The zero-order valence-electron chi connectivity index (χ0n) is 14.0. The molecule has 4 nitrogen and oxygen atoms in total. The third-order valence-corrected chi connectivity index (χ3v) is 4.32. The van der Waals surface area contributed by atoms with E-state index in [2.05, 4.69) is 63.0 Å². The Hall–Kier alpha value is -2.43. The van der Waals surface area contributed by atoms with Gasteiger partial charge in [0.1, 0.15) is 0 Å². The van der Waals surface area contributed by atoms with E-state index in [-0.39, 0.29) is 6.04 Å². The van der Waals surface area contributed by atoms with Crippen LogP contribution in [0.2, 0.25) is 0 Å². The second-order valence-corrected chi connectivity index (χ2v) is 6.06. The number of hydrogen-bond acceptors (Lipinski definition) is 3. The van der Waals surface area contributed by atoms with Crippen molar-refractivity contribution < 1.29 is 0 Å². The van der Waals surface area contributed by atoms with E-state index in [4.69, 9.17) is 5.73 Å². The third kappa shape index (κ3) is 3.91. The Bertz CT molecular complexity index is 695. The lowest BCUT2D eigenvalue weighted by Gasteiger charge is -2.31. The first-order valence-electron chi connectivity index (χ1n) is 8.26. The van der Waals surface area contributed by atoms with Crippen LogP contribution in [0, 0.1) is 0 Å². The molecule has 2 N–H and O–H groups in total. The molecule has 0 fully saturated rings. The highest BCUT2D eigenvalue weighted by atomic mass is 15.2. The predicted molar refractivity (Wildman–Crippen MR) is 97.1 cm³/mol. The molecule has 0 amide bonds. The average Bonchev–Trinajstić information content (AvgIpc) is 3.03. The number of nitrogens with zero attached hydrogens (tertiary/aromatic N) is 3. The molecule has 124 valence electrons. The summed E-state index contributed by atoms with van der Waals surface area (Å²) in [7, 11) is 2.02. The molecule has 2 aromatic carbocycles. The zero-order valence-corrected chi connectivity index (χ0v) is 14.0. The topological polar surface area (TPSA) is 47.1 Å². The Kier molecular flexibility index (Phi) is 5.41. The molecule has 0 saturated carbocycles. The Morgan fingerprint density at radius 3 is 1.92 bits per heavy atom. The van der Waals surface area contributed by atoms with Crippen LogP contribution in [-0.4, -0.2) is 21.0 Å². The maximum atomic E-state index is 6.16. The van der Waals surface area contributed by atoms with Crippen LogP contribution in [0.1, 0.15) is 22.9 Å². The molecular weight excluding hydrogens is 296 g/mol. The van der Waals surface area contributed by atoms with Crippen molar-refractivity contribution in [3.05, 3.63) is 90.0 Å². The summed E-state index contributed by atoms with van der Waals surface area (Å²) in [6, 6.07) is 21.2. The van der Waals surface area contributed by atoms with E-state index in [1.54, 1.807) is 0 Å². The van der Waals surface area contributed by atoms with Crippen LogP contribution >= 0.6 is 0 Å². The number of nitrogens with two attached hydrogens (primary N) is 1. The van der Waals surface area contributed by atoms with Crippen molar-refractivity contribution >= 4 is 0 Å². The van der Waals surface area contributed by atoms with E-state index in [9.17, 15) is 0 Å². The molecule has 1 atom stereocenters. The van der Waals surface area contributed by atoms with Crippen molar-refractivity contribution in [2.24, 2.45) is 12.8 Å². The highest BCUT2D eigenvalue weighted by Gasteiger charge is 2.22. The summed E-state index contributed by atoms with van der Waals surface area (Å²) < 4.78 is 2.06. The quantitative estimate of drug-likeness (QED) is 0.727. The molecule has 3 rings (SSSR count). The van der Waals surface area contributed by atoms with Crippen molar-refractivity contribution in [1.82, 2.24) is 14.5 Å². The minimum Gasteiger partial charge on any atom is -0.336 e. The standard InChI is InChI=1S/C20H24N4/c1-23-16-22-13-20(23)19(12-21)24(14-17-8-4-2-5-9-17)15-18-10-6-3-7-11-18/h2-11,13,16,19H,12,14-15,21H2,1H3. The van der Waals surface area contributed by atoms with Gasteiger partial charge in [0.15, 0.2) is 0 Å². The lowest BCUT2D eigenvalue weighted by molar-refractivity contribution is 0.177. The first kappa shape index (κ1) is 16.4. The second kappa shape index (κ2) is 7.90. The van der Waals surface area contributed by atoms with Crippen LogP contribution in [0.15, 0.2) is 73.2 Å². The number of aryl methyl sites for hydroxylation is 1. The van der Waals surface area contributed by atoms with Gasteiger partial charge in [-0.3, -0.25) is 4.90 Å². The van der Waals surface area contributed by atoms with E-state index in [0.29, 0.717) is 6.54 Å². The minimum absolute atomic E-state index is 0.123. The monoisotopic (exact) mass is 320 g/mol. The lowest BCUT2D eigenvalue weighted by Crippen LogP contribution is -2.34. The second-order valence-electron chi connectivity index (χ2n) is 6.06. The van der Waals surface area contributed by atoms with Crippen LogP contribution < -0.4 is 5.73 Å². The SMILES string of the molecule is Cn1cncc1C(CN)N(Cc1ccccc1)Cc1ccccc1. The van der Waals surface area contributed by atoms with Crippen molar-refractivity contribution in [1.29, 1.82) is 0 Å². The number of benzene rings is 2. The van der Waals surface area contributed by atoms with Crippen molar-refractivity contribution in [2.45, 2.75) is 19.1 Å². The summed E-state index contributed by atoms with van der Waals surface area (Å²) in [5.41, 5.74) is 9.87. The summed E-state index contributed by atoms with van der Waals surface area (Å²) in [6.07, 6.45) is 3.75. The van der Waals surface area contributed by atoms with Gasteiger partial charge >= 0.3 is 0 Å². The van der Waals surface area contributed by atoms with Crippen molar-refractivity contribution in [3.8, 4) is 0 Å². The number of rotatable bonds is 7. The Labute approximate surface area is 143 Å². The molecule has 0 aliphatic rings. The van der Waals surface area contributed by atoms with Crippen LogP contribution in [0.4, 0.5) is 0 Å². The largest absolute Gasteiger partial charge is 0.336 e. The molecule has 0 saturated heterocycles. The molecule has 24 heavy (non-hydrogen) atoms. The number of aromatic nitrogens is 2. The van der Waals surface area contributed by atoms with Gasteiger partial charge in [-0.1, -0.05) is 60.7 Å². The van der Waals surface area contributed by atoms with Crippen LogP contribution in [0.25, 0.3) is 0 Å². The zero-order chi connectivity index (χ0) is 16.8. The van der Waals surface area contributed by atoms with Crippen LogP contribution in [0.3, 0.4) is 0 Å². The predicted octanol–water partition coefficient (Wildman–Crippen LogP) is 3.12. The fourth-order valence-electron chi connectivity index (χ4n) is 3.06. The van der Waals surface area contributed by atoms with E-state index >= 15 is 0 Å². The summed E-state index contributed by atoms with van der Waals surface area (Å²) in [5.74, 6) is 0. The van der Waals surface area contributed by atoms with Crippen molar-refractivity contribution in [3.63, 3.8) is 0 Å². The normalized spacial score (nSPS) is 12.5. The Balaban J connectivity index is 1.89. The summed E-state index contributed by atoms with van der Waals surface area (Å²) in [6.45, 7) is 2.25. The highest BCUT2D eigenvalue weighted by Crippen LogP contribution is 2.23. The van der Waals surface area contributed by atoms with E-state index in [1.807, 2.05) is 31.7 Å². The van der Waals surface area contributed by atoms with Gasteiger partial charge in [0.25, 0.3) is 0 Å². The maximum absolute atomic E-state index is 6.16. The van der Waals surface area contributed by atoms with Gasteiger partial charge in [-0.15, -0.1) is 0 Å². The van der Waals surface area contributed by atoms with E-state index in [0.717, 1.165) is 18.8 Å². The fraction of sp³-hybridized carbons (Fsp3) is 0.250. The summed E-state index contributed by atoms with van der Waals surface area (Å²) in [5, 5.41) is 0. The smallest absolute Gasteiger partial charge is 0.0946 e. The first-order valence-corrected chi connectivity index (χ1v) is 8.26. The van der Waals surface area contributed by atoms with Gasteiger partial charge in [0.2, 0.25) is 0 Å². The van der Waals surface area contributed by atoms with E-state index < -0.39 is 0 Å². The Morgan fingerprint density at radius 1 is 0.958 bits per heavy atom. The summed E-state index contributed by atoms with van der Waals surface area (Å²) >= 11 is 0. The molecule has 0 aliphatic heterocycles. The molecule has 1 unspecified atom stereocenters. The molecule has 0 bridgehead atoms. The van der Waals surface area contributed by atoms with Gasteiger partial charge < -0.3 is 10.3 Å². The van der Waals surface area contributed by atoms with Gasteiger partial charge in [0, 0.05) is 32.9 Å². The van der Waals surface area contributed by atoms with Gasteiger partial charge in [-0.05, 0) is 11.1 Å². The van der Waals surface area contributed by atoms with E-state index in [1.165, 1.54) is 11.1 Å². The lowest BCUT2D eigenvalue weighted by atomic mass is 10.1. The van der Waals surface area contributed by atoms with Crippen molar-refractivity contribution in [2.75, 3.05) is 6.54 Å². The Morgan fingerprint density at radius 2 is 1.50 bits per heavy atom.